The summed E-state index contributed by atoms with van der Waals surface area (Å²) in [5.41, 5.74) is 2.26. The molecule has 0 atom stereocenters. The van der Waals surface area contributed by atoms with Gasteiger partial charge in [-0.15, -0.1) is 11.3 Å². The molecule has 1 N–H and O–H groups in total. The average Bonchev–Trinajstić information content (AvgIpc) is 3.35. The average molecular weight is 365 g/mol. The number of nitrogens with one attached hydrogen (secondary N) is 1. The van der Waals surface area contributed by atoms with E-state index in [0.29, 0.717) is 33.5 Å². The zero-order valence-corrected chi connectivity index (χ0v) is 14.9. The number of anilines is 1. The highest BCUT2D eigenvalue weighted by molar-refractivity contribution is 7.15. The Labute approximate surface area is 153 Å². The first-order valence-corrected chi connectivity index (χ1v) is 8.71. The van der Waals surface area contributed by atoms with Crippen molar-refractivity contribution in [3.63, 3.8) is 0 Å². The van der Waals surface area contributed by atoms with Crippen molar-refractivity contribution in [1.29, 1.82) is 0 Å². The van der Waals surface area contributed by atoms with E-state index in [2.05, 4.69) is 20.4 Å². The van der Waals surface area contributed by atoms with Crippen LogP contribution in [-0.4, -0.2) is 25.7 Å². The van der Waals surface area contributed by atoms with Crippen molar-refractivity contribution in [2.24, 2.45) is 7.05 Å². The lowest BCUT2D eigenvalue weighted by Gasteiger charge is -2.04. The molecule has 4 aromatic rings. The number of carbonyl (C=O) groups is 1. The van der Waals surface area contributed by atoms with Gasteiger partial charge in [0.15, 0.2) is 10.8 Å². The zero-order valence-electron chi connectivity index (χ0n) is 14.1. The molecule has 8 heteroatoms. The molecular weight excluding hydrogens is 350 g/mol. The van der Waals surface area contributed by atoms with Crippen molar-refractivity contribution >= 4 is 22.9 Å². The second-order valence-corrected chi connectivity index (χ2v) is 6.84. The fourth-order valence-corrected chi connectivity index (χ4v) is 3.44. The van der Waals surface area contributed by atoms with E-state index in [9.17, 15) is 4.79 Å². The number of rotatable bonds is 4. The molecule has 26 heavy (non-hydrogen) atoms. The van der Waals surface area contributed by atoms with Gasteiger partial charge in [-0.3, -0.25) is 14.5 Å². The number of aryl methyl sites for hydroxylation is 2. The monoisotopic (exact) mass is 365 g/mol. The number of nitrogens with zero attached hydrogens (tertiary/aromatic N) is 4. The number of hydrogen-bond acceptors (Lipinski definition) is 6. The van der Waals surface area contributed by atoms with Gasteiger partial charge in [0.05, 0.1) is 17.6 Å². The van der Waals surface area contributed by atoms with Gasteiger partial charge >= 0.3 is 0 Å². The van der Waals surface area contributed by atoms with Gasteiger partial charge in [-0.2, -0.15) is 5.10 Å². The number of thiazole rings is 1. The first-order chi connectivity index (χ1) is 12.6. The lowest BCUT2D eigenvalue weighted by atomic mass is 10.2. The van der Waals surface area contributed by atoms with E-state index < -0.39 is 0 Å². The van der Waals surface area contributed by atoms with Crippen molar-refractivity contribution in [1.82, 2.24) is 19.7 Å². The second-order valence-electron chi connectivity index (χ2n) is 5.64. The molecule has 0 unspecified atom stereocenters. The number of amides is 1. The van der Waals surface area contributed by atoms with Crippen LogP contribution in [0.5, 0.6) is 0 Å². The van der Waals surface area contributed by atoms with E-state index in [4.69, 9.17) is 4.42 Å². The first kappa shape index (κ1) is 16.2. The van der Waals surface area contributed by atoms with E-state index in [0.717, 1.165) is 4.88 Å². The zero-order chi connectivity index (χ0) is 18.1. The largest absolute Gasteiger partial charge is 0.462 e. The molecule has 0 aliphatic carbocycles. The Hall–Kier alpha value is -3.26. The molecule has 0 aliphatic heterocycles. The number of pyridine rings is 1. The van der Waals surface area contributed by atoms with Crippen molar-refractivity contribution < 1.29 is 9.21 Å². The fraction of sp³-hybridized carbons (Fsp3) is 0.111. The standard InChI is InChI=1S/C18H15N5O2S/c1-11-15(21-18(26-11)14-7-5-9-25-14)17(24)20-13-10-23(2)22-16(13)12-6-3-4-8-19-12/h3-10H,1-2H3,(H,20,24). The van der Waals surface area contributed by atoms with E-state index in [1.165, 1.54) is 11.3 Å². The minimum Gasteiger partial charge on any atom is -0.462 e. The van der Waals surface area contributed by atoms with E-state index in [1.807, 2.05) is 31.2 Å². The highest BCUT2D eigenvalue weighted by atomic mass is 32.1. The Morgan fingerprint density at radius 3 is 2.88 bits per heavy atom. The summed E-state index contributed by atoms with van der Waals surface area (Å²) in [5, 5.41) is 7.97. The Balaban J connectivity index is 1.64. The summed E-state index contributed by atoms with van der Waals surface area (Å²) >= 11 is 1.42. The van der Waals surface area contributed by atoms with Crippen LogP contribution in [0, 0.1) is 6.92 Å². The van der Waals surface area contributed by atoms with Gasteiger partial charge in [-0.25, -0.2) is 4.98 Å². The van der Waals surface area contributed by atoms with Crippen LogP contribution in [0.25, 0.3) is 22.2 Å². The van der Waals surface area contributed by atoms with Crippen LogP contribution in [0.3, 0.4) is 0 Å². The summed E-state index contributed by atoms with van der Waals surface area (Å²) in [6, 6.07) is 9.17. The summed E-state index contributed by atoms with van der Waals surface area (Å²) in [6.45, 7) is 1.86. The Morgan fingerprint density at radius 2 is 2.15 bits per heavy atom. The van der Waals surface area contributed by atoms with Crippen LogP contribution in [0.1, 0.15) is 15.4 Å². The molecule has 0 saturated carbocycles. The molecule has 0 saturated heterocycles. The second kappa shape index (κ2) is 6.57. The number of hydrogen-bond donors (Lipinski definition) is 1. The molecule has 0 aliphatic rings. The summed E-state index contributed by atoms with van der Waals surface area (Å²) in [4.78, 5) is 22.3. The third kappa shape index (κ3) is 3.02. The van der Waals surface area contributed by atoms with Crippen molar-refractivity contribution in [2.45, 2.75) is 6.92 Å². The predicted molar refractivity (Wildman–Crippen MR) is 98.9 cm³/mol. The van der Waals surface area contributed by atoms with Gasteiger partial charge in [0.1, 0.15) is 11.4 Å². The maximum atomic E-state index is 12.8. The van der Waals surface area contributed by atoms with Crippen molar-refractivity contribution in [3.8, 4) is 22.2 Å². The molecule has 4 aromatic heterocycles. The van der Waals surface area contributed by atoms with Crippen LogP contribution in [0.4, 0.5) is 5.69 Å². The number of carbonyl (C=O) groups excluding carboxylic acids is 1. The minimum atomic E-state index is -0.290. The van der Waals surface area contributed by atoms with E-state index in [1.54, 1.807) is 36.5 Å². The van der Waals surface area contributed by atoms with Crippen LogP contribution < -0.4 is 5.32 Å². The summed E-state index contributed by atoms with van der Waals surface area (Å²) in [6.07, 6.45) is 5.02. The molecule has 0 spiro atoms. The molecule has 0 aromatic carbocycles. The summed E-state index contributed by atoms with van der Waals surface area (Å²) in [5.74, 6) is 0.356. The van der Waals surface area contributed by atoms with Gasteiger partial charge in [0.2, 0.25) is 0 Å². The van der Waals surface area contributed by atoms with Crippen molar-refractivity contribution in [2.75, 3.05) is 5.32 Å². The van der Waals surface area contributed by atoms with Gasteiger partial charge in [0, 0.05) is 24.3 Å². The quantitative estimate of drug-likeness (QED) is 0.595. The molecule has 4 heterocycles. The smallest absolute Gasteiger partial charge is 0.275 e. The Bertz CT molecular complexity index is 1050. The van der Waals surface area contributed by atoms with Crippen molar-refractivity contribution in [3.05, 3.63) is 59.6 Å². The molecule has 7 nitrogen and oxygen atoms in total. The minimum absolute atomic E-state index is 0.290. The topological polar surface area (TPSA) is 85.8 Å². The van der Waals surface area contributed by atoms with Crippen LogP contribution in [-0.2, 0) is 7.05 Å². The van der Waals surface area contributed by atoms with E-state index >= 15 is 0 Å². The molecule has 0 fully saturated rings. The summed E-state index contributed by atoms with van der Waals surface area (Å²) in [7, 11) is 1.80. The number of aromatic nitrogens is 4. The first-order valence-electron chi connectivity index (χ1n) is 7.89. The maximum Gasteiger partial charge on any atom is 0.275 e. The lowest BCUT2D eigenvalue weighted by molar-refractivity contribution is 0.102. The Morgan fingerprint density at radius 1 is 1.27 bits per heavy atom. The molecule has 0 radical (unpaired) electrons. The van der Waals surface area contributed by atoms with Crippen LogP contribution >= 0.6 is 11.3 Å². The fourth-order valence-electron chi connectivity index (χ4n) is 2.57. The molecular formula is C18H15N5O2S. The molecule has 1 amide bonds. The molecule has 0 bridgehead atoms. The Kier molecular flexibility index (Phi) is 4.10. The SMILES string of the molecule is Cc1sc(-c2ccco2)nc1C(=O)Nc1cn(C)nc1-c1ccccn1. The van der Waals surface area contributed by atoms with Crippen LogP contribution in [0.15, 0.2) is 53.4 Å². The van der Waals surface area contributed by atoms with Crippen LogP contribution in [0.2, 0.25) is 0 Å². The highest BCUT2D eigenvalue weighted by Crippen LogP contribution is 2.29. The lowest BCUT2D eigenvalue weighted by Crippen LogP contribution is -2.13. The van der Waals surface area contributed by atoms with Gasteiger partial charge in [-0.05, 0) is 31.2 Å². The van der Waals surface area contributed by atoms with E-state index in [-0.39, 0.29) is 5.91 Å². The maximum absolute atomic E-state index is 12.8. The predicted octanol–water partition coefficient (Wildman–Crippen LogP) is 3.76. The summed E-state index contributed by atoms with van der Waals surface area (Å²) < 4.78 is 7.00. The van der Waals surface area contributed by atoms with Gasteiger partial charge in [-0.1, -0.05) is 6.07 Å². The highest BCUT2D eigenvalue weighted by Gasteiger charge is 2.20. The van der Waals surface area contributed by atoms with Gasteiger partial charge in [0.25, 0.3) is 5.91 Å². The normalized spacial score (nSPS) is 10.8. The third-order valence-electron chi connectivity index (χ3n) is 3.73. The molecule has 130 valence electrons. The van der Waals surface area contributed by atoms with Gasteiger partial charge < -0.3 is 9.73 Å². The molecule has 4 rings (SSSR count). The third-order valence-corrected chi connectivity index (χ3v) is 4.71. The number of furan rings is 1.